The number of anilines is 3. The maximum absolute atomic E-state index is 2.54. The van der Waals surface area contributed by atoms with Crippen LogP contribution in [-0.2, 0) is 5.41 Å². The molecule has 9 aromatic carbocycles. The summed E-state index contributed by atoms with van der Waals surface area (Å²) in [4.78, 5) is 2.54. The van der Waals surface area contributed by atoms with Gasteiger partial charge in [0.1, 0.15) is 0 Å². The van der Waals surface area contributed by atoms with Gasteiger partial charge in [0.05, 0.1) is 16.1 Å². The Hall–Kier alpha value is -6.22. The summed E-state index contributed by atoms with van der Waals surface area (Å²) in [6, 6.07) is 65.6. The van der Waals surface area contributed by atoms with E-state index in [0.717, 1.165) is 5.69 Å². The Morgan fingerprint density at radius 1 is 0.434 bits per heavy atom. The van der Waals surface area contributed by atoms with Gasteiger partial charge in [0.25, 0.3) is 0 Å². The van der Waals surface area contributed by atoms with Gasteiger partial charge in [-0.1, -0.05) is 141 Å². The average Bonchev–Trinajstić information content (AvgIpc) is 3.69. The highest BCUT2D eigenvalue weighted by atomic mass is 32.1. The summed E-state index contributed by atoms with van der Waals surface area (Å²) in [6.07, 6.45) is 0. The normalized spacial score (nSPS) is 13.2. The van der Waals surface area contributed by atoms with Gasteiger partial charge >= 0.3 is 0 Å². The van der Waals surface area contributed by atoms with E-state index < -0.39 is 0 Å². The zero-order chi connectivity index (χ0) is 35.3. The number of benzene rings is 9. The van der Waals surface area contributed by atoms with Crippen LogP contribution >= 0.6 is 11.3 Å². The lowest BCUT2D eigenvalue weighted by Crippen LogP contribution is -2.15. The lowest BCUT2D eigenvalue weighted by Gasteiger charge is -2.30. The monoisotopic (exact) mass is 693 g/mol. The molecule has 0 unspecified atom stereocenters. The van der Waals surface area contributed by atoms with Crippen molar-refractivity contribution in [3.05, 3.63) is 187 Å². The topological polar surface area (TPSA) is 3.24 Å². The summed E-state index contributed by atoms with van der Waals surface area (Å²) in [5, 5.41) is 10.1. The minimum absolute atomic E-state index is 0.108. The zero-order valence-electron chi connectivity index (χ0n) is 29.6. The van der Waals surface area contributed by atoms with Gasteiger partial charge in [-0.15, -0.1) is 11.3 Å². The predicted molar refractivity (Wildman–Crippen MR) is 230 cm³/mol. The van der Waals surface area contributed by atoms with Gasteiger partial charge in [0.2, 0.25) is 0 Å². The molecule has 0 atom stereocenters. The smallest absolute Gasteiger partial charge is 0.0640 e. The van der Waals surface area contributed by atoms with E-state index in [1.165, 1.54) is 97.2 Å². The highest BCUT2D eigenvalue weighted by molar-refractivity contribution is 7.26. The molecule has 0 fully saturated rings. The Labute approximate surface area is 313 Å². The summed E-state index contributed by atoms with van der Waals surface area (Å²) in [6.45, 7) is 4.76. The first-order valence-corrected chi connectivity index (χ1v) is 19.2. The lowest BCUT2D eigenvalue weighted by molar-refractivity contribution is 0.661. The van der Waals surface area contributed by atoms with Crippen molar-refractivity contribution < 1.29 is 0 Å². The van der Waals surface area contributed by atoms with Crippen molar-refractivity contribution in [3.8, 4) is 22.3 Å². The first-order chi connectivity index (χ1) is 26.0. The molecule has 1 nitrogen and oxygen atoms in total. The third-order valence-electron chi connectivity index (χ3n) is 11.6. The molecule has 1 aliphatic rings. The molecule has 1 aliphatic carbocycles. The Kier molecular flexibility index (Phi) is 6.53. The van der Waals surface area contributed by atoms with E-state index in [2.05, 4.69) is 195 Å². The van der Waals surface area contributed by atoms with Gasteiger partial charge in [0.15, 0.2) is 0 Å². The number of fused-ring (bicyclic) bond motifs is 9. The molecule has 10 aromatic rings. The highest BCUT2D eigenvalue weighted by Crippen LogP contribution is 2.54. The molecule has 0 radical (unpaired) electrons. The van der Waals surface area contributed by atoms with Gasteiger partial charge in [0, 0.05) is 32.1 Å². The van der Waals surface area contributed by atoms with Crippen LogP contribution in [0.3, 0.4) is 0 Å². The Balaban J connectivity index is 1.23. The van der Waals surface area contributed by atoms with E-state index in [9.17, 15) is 0 Å². The van der Waals surface area contributed by atoms with Gasteiger partial charge in [-0.05, 0) is 109 Å². The number of nitrogens with zero attached hydrogens (tertiary/aromatic N) is 1. The maximum atomic E-state index is 2.54. The second-order valence-electron chi connectivity index (χ2n) is 14.9. The molecule has 2 heteroatoms. The predicted octanol–water partition coefficient (Wildman–Crippen LogP) is 15.0. The van der Waals surface area contributed by atoms with Crippen LogP contribution in [-0.4, -0.2) is 0 Å². The minimum atomic E-state index is -0.108. The summed E-state index contributed by atoms with van der Waals surface area (Å²) < 4.78 is 2.60. The first-order valence-electron chi connectivity index (χ1n) is 18.4. The number of rotatable bonds is 4. The van der Waals surface area contributed by atoms with Gasteiger partial charge < -0.3 is 4.90 Å². The summed E-state index contributed by atoms with van der Waals surface area (Å²) in [5.41, 5.74) is 11.3. The Morgan fingerprint density at radius 3 is 1.91 bits per heavy atom. The quantitative estimate of drug-likeness (QED) is 0.177. The van der Waals surface area contributed by atoms with E-state index >= 15 is 0 Å². The standard InChI is InChI=1S/C51H35NS/c1-51(2)44-26-25-38(31-43(44)42-29-35-15-5-6-16-36(35)30-45(42)51)52(47-20-11-19-41-40-18-9-10-21-48(40)53-50(41)47)46-27-24-33-13-7-8-17-39(33)49(46)37-23-22-32-12-3-4-14-34(32)28-37/h3-31H,1-2H3. The van der Waals surface area contributed by atoms with Crippen molar-refractivity contribution in [3.63, 3.8) is 0 Å². The molecule has 53 heavy (non-hydrogen) atoms. The van der Waals surface area contributed by atoms with Crippen molar-refractivity contribution in [1.82, 2.24) is 0 Å². The van der Waals surface area contributed by atoms with Gasteiger partial charge in [-0.25, -0.2) is 0 Å². The van der Waals surface area contributed by atoms with Gasteiger partial charge in [-0.2, -0.15) is 0 Å². The molecule has 0 saturated carbocycles. The minimum Gasteiger partial charge on any atom is -0.308 e. The van der Waals surface area contributed by atoms with Crippen molar-refractivity contribution in [2.75, 3.05) is 4.90 Å². The molecular formula is C51H35NS. The van der Waals surface area contributed by atoms with Crippen LogP contribution < -0.4 is 4.90 Å². The molecule has 1 aromatic heterocycles. The molecule has 0 aliphatic heterocycles. The van der Waals surface area contributed by atoms with E-state index in [1.54, 1.807) is 0 Å². The van der Waals surface area contributed by atoms with Crippen LogP contribution in [0.25, 0.3) is 74.7 Å². The second kappa shape index (κ2) is 11.4. The summed E-state index contributed by atoms with van der Waals surface area (Å²) in [5.74, 6) is 0. The SMILES string of the molecule is CC1(C)c2ccc(N(c3ccc4ccccc4c3-c3ccc4ccccc4c3)c3cccc4c3sc3ccccc34)cc2-c2cc3ccccc3cc21. The molecule has 11 rings (SSSR count). The van der Waals surface area contributed by atoms with E-state index in [-0.39, 0.29) is 5.41 Å². The number of hydrogen-bond donors (Lipinski definition) is 0. The van der Waals surface area contributed by atoms with E-state index in [0.29, 0.717) is 0 Å². The third kappa shape index (κ3) is 4.56. The van der Waals surface area contributed by atoms with Crippen LogP contribution in [0.2, 0.25) is 0 Å². The van der Waals surface area contributed by atoms with E-state index in [4.69, 9.17) is 0 Å². The molecule has 0 amide bonds. The summed E-state index contributed by atoms with van der Waals surface area (Å²) >= 11 is 1.89. The van der Waals surface area contributed by atoms with Crippen molar-refractivity contribution in [2.24, 2.45) is 0 Å². The second-order valence-corrected chi connectivity index (χ2v) is 16.0. The van der Waals surface area contributed by atoms with Crippen LogP contribution in [0.15, 0.2) is 176 Å². The fraction of sp³-hybridized carbons (Fsp3) is 0.0588. The van der Waals surface area contributed by atoms with Crippen LogP contribution in [0, 0.1) is 0 Å². The fourth-order valence-corrected chi connectivity index (χ4v) is 10.2. The maximum Gasteiger partial charge on any atom is 0.0640 e. The van der Waals surface area contributed by atoms with Crippen molar-refractivity contribution in [1.29, 1.82) is 0 Å². The lowest BCUT2D eigenvalue weighted by atomic mass is 9.82. The Morgan fingerprint density at radius 2 is 1.08 bits per heavy atom. The summed E-state index contributed by atoms with van der Waals surface area (Å²) in [7, 11) is 0. The molecular weight excluding hydrogens is 659 g/mol. The highest BCUT2D eigenvalue weighted by Gasteiger charge is 2.36. The average molecular weight is 694 g/mol. The first kappa shape index (κ1) is 30.4. The van der Waals surface area contributed by atoms with Crippen molar-refractivity contribution in [2.45, 2.75) is 19.3 Å². The Bertz CT molecular complexity index is 3110. The van der Waals surface area contributed by atoms with Gasteiger partial charge in [-0.3, -0.25) is 0 Å². The molecule has 0 N–H and O–H groups in total. The molecule has 250 valence electrons. The largest absolute Gasteiger partial charge is 0.308 e. The molecule has 1 heterocycles. The zero-order valence-corrected chi connectivity index (χ0v) is 30.4. The van der Waals surface area contributed by atoms with Crippen LogP contribution in [0.1, 0.15) is 25.0 Å². The molecule has 0 saturated heterocycles. The van der Waals surface area contributed by atoms with E-state index in [1.807, 2.05) is 11.3 Å². The molecule has 0 spiro atoms. The number of thiophene rings is 1. The third-order valence-corrected chi connectivity index (χ3v) is 12.8. The van der Waals surface area contributed by atoms with Crippen LogP contribution in [0.4, 0.5) is 17.1 Å². The number of hydrogen-bond acceptors (Lipinski definition) is 2. The van der Waals surface area contributed by atoms with Crippen molar-refractivity contribution >= 4 is 80.9 Å². The fourth-order valence-electron chi connectivity index (χ4n) is 8.98. The van der Waals surface area contributed by atoms with Crippen LogP contribution in [0.5, 0.6) is 0 Å². The molecule has 0 bridgehead atoms.